The van der Waals surface area contributed by atoms with Crippen LogP contribution in [0.1, 0.15) is 24.0 Å². The molecular formula is C19H20ClNO3. The van der Waals surface area contributed by atoms with Gasteiger partial charge in [-0.1, -0.05) is 23.7 Å². The van der Waals surface area contributed by atoms with E-state index in [1.807, 2.05) is 43.3 Å². The van der Waals surface area contributed by atoms with Crippen LogP contribution in [-0.2, 0) is 10.2 Å². The smallest absolute Gasteiger partial charge is 0.235 e. The van der Waals surface area contributed by atoms with Crippen molar-refractivity contribution < 1.29 is 14.3 Å². The minimum Gasteiger partial charge on any atom is -0.493 e. The van der Waals surface area contributed by atoms with E-state index in [0.29, 0.717) is 16.5 Å². The zero-order valence-electron chi connectivity index (χ0n) is 14.0. The minimum absolute atomic E-state index is 0.0138. The first kappa shape index (κ1) is 16.7. The number of carbonyl (C=O) groups excluding carboxylic acids is 1. The van der Waals surface area contributed by atoms with Crippen LogP contribution in [0.2, 0.25) is 5.02 Å². The van der Waals surface area contributed by atoms with Crippen LogP contribution in [0.3, 0.4) is 0 Å². The van der Waals surface area contributed by atoms with Crippen LogP contribution in [0.4, 0.5) is 5.69 Å². The predicted octanol–water partition coefficient (Wildman–Crippen LogP) is 4.34. The number of hydrogen-bond acceptors (Lipinski definition) is 3. The van der Waals surface area contributed by atoms with Gasteiger partial charge < -0.3 is 14.8 Å². The van der Waals surface area contributed by atoms with Crippen molar-refractivity contribution in [2.75, 3.05) is 19.5 Å². The number of halogens is 1. The van der Waals surface area contributed by atoms with Gasteiger partial charge in [0.25, 0.3) is 0 Å². The summed E-state index contributed by atoms with van der Waals surface area (Å²) in [6, 6.07) is 11.2. The van der Waals surface area contributed by atoms with Gasteiger partial charge in [-0.3, -0.25) is 4.79 Å². The fourth-order valence-corrected chi connectivity index (χ4v) is 3.07. The molecule has 0 radical (unpaired) electrons. The Morgan fingerprint density at radius 2 is 1.83 bits per heavy atom. The summed E-state index contributed by atoms with van der Waals surface area (Å²) in [5.74, 6) is 1.27. The van der Waals surface area contributed by atoms with Crippen LogP contribution in [0.25, 0.3) is 0 Å². The molecule has 0 saturated heterocycles. The van der Waals surface area contributed by atoms with Gasteiger partial charge >= 0.3 is 0 Å². The van der Waals surface area contributed by atoms with Crippen LogP contribution >= 0.6 is 11.6 Å². The molecular weight excluding hydrogens is 326 g/mol. The van der Waals surface area contributed by atoms with Crippen LogP contribution in [-0.4, -0.2) is 20.1 Å². The molecule has 0 bridgehead atoms. The average Bonchev–Trinajstić information content (AvgIpc) is 3.40. The van der Waals surface area contributed by atoms with Crippen molar-refractivity contribution in [1.82, 2.24) is 0 Å². The highest BCUT2D eigenvalue weighted by Gasteiger charge is 2.51. The molecule has 5 heteroatoms. The molecule has 1 amide bonds. The summed E-state index contributed by atoms with van der Waals surface area (Å²) in [4.78, 5) is 12.9. The van der Waals surface area contributed by atoms with E-state index >= 15 is 0 Å². The Kier molecular flexibility index (Phi) is 4.41. The number of carbonyl (C=O) groups is 1. The molecule has 2 aromatic carbocycles. The molecule has 2 aromatic rings. The monoisotopic (exact) mass is 345 g/mol. The molecule has 0 heterocycles. The zero-order valence-corrected chi connectivity index (χ0v) is 14.7. The van der Waals surface area contributed by atoms with Crippen molar-refractivity contribution in [3.05, 3.63) is 52.5 Å². The van der Waals surface area contributed by atoms with E-state index in [1.54, 1.807) is 14.2 Å². The molecule has 4 nitrogen and oxygen atoms in total. The highest BCUT2D eigenvalue weighted by atomic mass is 35.5. The number of nitrogens with one attached hydrogen (secondary N) is 1. The Hall–Kier alpha value is -2.20. The van der Waals surface area contributed by atoms with E-state index in [-0.39, 0.29) is 5.91 Å². The number of hydrogen-bond donors (Lipinski definition) is 1. The van der Waals surface area contributed by atoms with E-state index in [0.717, 1.165) is 29.7 Å². The van der Waals surface area contributed by atoms with Gasteiger partial charge in [-0.15, -0.1) is 0 Å². The fourth-order valence-electron chi connectivity index (χ4n) is 2.89. The number of methoxy groups -OCH3 is 2. The Morgan fingerprint density at radius 3 is 2.46 bits per heavy atom. The van der Waals surface area contributed by atoms with Gasteiger partial charge in [-0.2, -0.15) is 0 Å². The van der Waals surface area contributed by atoms with E-state index in [1.165, 1.54) is 0 Å². The number of amides is 1. The van der Waals surface area contributed by atoms with E-state index in [4.69, 9.17) is 21.1 Å². The average molecular weight is 346 g/mol. The lowest BCUT2D eigenvalue weighted by atomic mass is 9.94. The molecule has 0 spiro atoms. The van der Waals surface area contributed by atoms with Gasteiger partial charge in [0.15, 0.2) is 11.5 Å². The van der Waals surface area contributed by atoms with E-state index in [2.05, 4.69) is 5.32 Å². The summed E-state index contributed by atoms with van der Waals surface area (Å²) in [7, 11) is 3.19. The van der Waals surface area contributed by atoms with Gasteiger partial charge in [-0.25, -0.2) is 0 Å². The molecule has 1 aliphatic rings. The third-order valence-corrected chi connectivity index (χ3v) is 5.05. The van der Waals surface area contributed by atoms with Crippen LogP contribution in [0, 0.1) is 6.92 Å². The van der Waals surface area contributed by atoms with Crippen molar-refractivity contribution in [3.8, 4) is 11.5 Å². The molecule has 126 valence electrons. The van der Waals surface area contributed by atoms with Crippen LogP contribution < -0.4 is 14.8 Å². The SMILES string of the molecule is COc1ccc(C2(C(=O)Nc3cccc(Cl)c3C)CC2)cc1OC. The maximum absolute atomic E-state index is 12.9. The van der Waals surface area contributed by atoms with Gasteiger partial charge in [-0.05, 0) is 55.2 Å². The van der Waals surface area contributed by atoms with Crippen LogP contribution in [0.15, 0.2) is 36.4 Å². The highest BCUT2D eigenvalue weighted by Crippen LogP contribution is 2.50. The standard InChI is InChI=1S/C19H20ClNO3/c1-12-14(20)5-4-6-15(12)21-18(22)19(9-10-19)13-7-8-16(23-2)17(11-13)24-3/h4-8,11H,9-10H2,1-3H3,(H,21,22). The summed E-state index contributed by atoms with van der Waals surface area (Å²) in [6.07, 6.45) is 1.63. The quantitative estimate of drug-likeness (QED) is 0.877. The molecule has 0 atom stereocenters. The second kappa shape index (κ2) is 6.36. The molecule has 1 aliphatic carbocycles. The van der Waals surface area contributed by atoms with Gasteiger partial charge in [0, 0.05) is 10.7 Å². The Bertz CT molecular complexity index is 784. The lowest BCUT2D eigenvalue weighted by Crippen LogP contribution is -2.28. The second-order valence-corrected chi connectivity index (χ2v) is 6.43. The summed E-state index contributed by atoms with van der Waals surface area (Å²) in [5, 5.41) is 3.67. The molecule has 1 fully saturated rings. The number of anilines is 1. The molecule has 0 aliphatic heterocycles. The fraction of sp³-hybridized carbons (Fsp3) is 0.316. The first-order chi connectivity index (χ1) is 11.5. The second-order valence-electron chi connectivity index (χ2n) is 6.02. The molecule has 1 N–H and O–H groups in total. The van der Waals surface area contributed by atoms with Crippen molar-refractivity contribution >= 4 is 23.2 Å². The minimum atomic E-state index is -0.506. The van der Waals surface area contributed by atoms with Crippen molar-refractivity contribution in [1.29, 1.82) is 0 Å². The summed E-state index contributed by atoms with van der Waals surface area (Å²) >= 11 is 6.14. The number of rotatable bonds is 5. The maximum atomic E-state index is 12.9. The summed E-state index contributed by atoms with van der Waals surface area (Å²) in [6.45, 7) is 1.90. The predicted molar refractivity (Wildman–Crippen MR) is 95.3 cm³/mol. The third-order valence-electron chi connectivity index (χ3n) is 4.64. The molecule has 3 rings (SSSR count). The highest BCUT2D eigenvalue weighted by molar-refractivity contribution is 6.31. The Balaban J connectivity index is 1.88. The molecule has 0 unspecified atom stereocenters. The van der Waals surface area contributed by atoms with Crippen molar-refractivity contribution in [2.24, 2.45) is 0 Å². The Morgan fingerprint density at radius 1 is 1.12 bits per heavy atom. The van der Waals surface area contributed by atoms with Gasteiger partial charge in [0.05, 0.1) is 19.6 Å². The van der Waals surface area contributed by atoms with Gasteiger partial charge in [0.2, 0.25) is 5.91 Å². The lowest BCUT2D eigenvalue weighted by Gasteiger charge is -2.19. The largest absolute Gasteiger partial charge is 0.493 e. The maximum Gasteiger partial charge on any atom is 0.235 e. The van der Waals surface area contributed by atoms with Crippen molar-refractivity contribution in [3.63, 3.8) is 0 Å². The third kappa shape index (κ3) is 2.82. The molecule has 0 aromatic heterocycles. The molecule has 1 saturated carbocycles. The summed E-state index contributed by atoms with van der Waals surface area (Å²) < 4.78 is 10.6. The van der Waals surface area contributed by atoms with Gasteiger partial charge in [0.1, 0.15) is 0 Å². The zero-order chi connectivity index (χ0) is 17.3. The first-order valence-electron chi connectivity index (χ1n) is 7.81. The van der Waals surface area contributed by atoms with E-state index in [9.17, 15) is 4.79 Å². The summed E-state index contributed by atoms with van der Waals surface area (Å²) in [5.41, 5.74) is 2.06. The Labute approximate surface area is 146 Å². The van der Waals surface area contributed by atoms with E-state index < -0.39 is 5.41 Å². The number of benzene rings is 2. The normalized spacial score (nSPS) is 14.8. The molecule has 24 heavy (non-hydrogen) atoms. The number of ether oxygens (including phenoxy) is 2. The topological polar surface area (TPSA) is 47.6 Å². The van der Waals surface area contributed by atoms with Crippen LogP contribution in [0.5, 0.6) is 11.5 Å². The first-order valence-corrected chi connectivity index (χ1v) is 8.18. The van der Waals surface area contributed by atoms with Crippen molar-refractivity contribution in [2.45, 2.75) is 25.2 Å². The lowest BCUT2D eigenvalue weighted by molar-refractivity contribution is -0.118.